The molecule has 0 aliphatic heterocycles. The average Bonchev–Trinajstić information content (AvgIpc) is 1.35. The maximum absolute atomic E-state index is 4.83. The third-order valence-corrected chi connectivity index (χ3v) is 0.754. The Balaban J connectivity index is 2.83. The number of hydrogen-bond acceptors (Lipinski definition) is 2. The Morgan fingerprint density at radius 1 is 2.00 bits per heavy atom. The summed E-state index contributed by atoms with van der Waals surface area (Å²) in [6.07, 6.45) is 0.829. The first-order valence-electron chi connectivity index (χ1n) is 1.90. The molecule has 3 heteroatoms. The van der Waals surface area contributed by atoms with Gasteiger partial charge >= 0.3 is 0 Å². The SMILES string of the molecule is CC(=S)OC[SiH3]. The van der Waals surface area contributed by atoms with Crippen LogP contribution in [0.25, 0.3) is 0 Å². The van der Waals surface area contributed by atoms with Gasteiger partial charge in [-0.15, -0.1) is 0 Å². The fourth-order valence-electron chi connectivity index (χ4n) is 0.203. The van der Waals surface area contributed by atoms with Gasteiger partial charge < -0.3 is 4.74 Å². The molecule has 0 rings (SSSR count). The van der Waals surface area contributed by atoms with Crippen molar-refractivity contribution in [2.75, 3.05) is 6.23 Å². The van der Waals surface area contributed by atoms with E-state index in [1.165, 1.54) is 0 Å². The van der Waals surface area contributed by atoms with E-state index < -0.39 is 0 Å². The van der Waals surface area contributed by atoms with Crippen molar-refractivity contribution in [3.05, 3.63) is 0 Å². The van der Waals surface area contributed by atoms with Crippen LogP contribution in [0.15, 0.2) is 0 Å². The molecule has 0 aliphatic carbocycles. The van der Waals surface area contributed by atoms with Gasteiger partial charge in [0.25, 0.3) is 0 Å². The Morgan fingerprint density at radius 2 is 2.50 bits per heavy atom. The molecule has 36 valence electrons. The summed E-state index contributed by atoms with van der Waals surface area (Å²) < 4.78 is 4.83. The Hall–Kier alpha value is 0.107. The second-order valence-electron chi connectivity index (χ2n) is 0.925. The zero-order valence-corrected chi connectivity index (χ0v) is 6.84. The van der Waals surface area contributed by atoms with Gasteiger partial charge in [0.1, 0.15) is 0 Å². The highest BCUT2D eigenvalue weighted by Gasteiger charge is 1.76. The van der Waals surface area contributed by atoms with Crippen LogP contribution in [-0.2, 0) is 4.74 Å². The van der Waals surface area contributed by atoms with E-state index in [-0.39, 0.29) is 0 Å². The van der Waals surface area contributed by atoms with Gasteiger partial charge in [-0.2, -0.15) is 0 Å². The molecule has 0 N–H and O–H groups in total. The number of rotatable bonds is 1. The van der Waals surface area contributed by atoms with Crippen molar-refractivity contribution >= 4 is 27.5 Å². The molecule has 0 aliphatic rings. The molecule has 0 bridgehead atoms. The predicted octanol–water partition coefficient (Wildman–Crippen LogP) is -0.327. The van der Waals surface area contributed by atoms with Crippen molar-refractivity contribution in [3.8, 4) is 0 Å². The quantitative estimate of drug-likeness (QED) is 0.346. The molecule has 0 atom stereocenters. The fraction of sp³-hybridized carbons (Fsp3) is 0.667. The summed E-state index contributed by atoms with van der Waals surface area (Å²) in [4.78, 5) is 0. The van der Waals surface area contributed by atoms with E-state index in [0.29, 0.717) is 5.05 Å². The lowest BCUT2D eigenvalue weighted by Crippen LogP contribution is -1.95. The van der Waals surface area contributed by atoms with Crippen LogP contribution in [0.5, 0.6) is 0 Å². The number of thiocarbonyl (C=S) groups is 1. The Bertz CT molecular complexity index is 54.8. The largest absolute Gasteiger partial charge is 0.492 e. The lowest BCUT2D eigenvalue weighted by molar-refractivity contribution is 0.383. The van der Waals surface area contributed by atoms with Crippen LogP contribution in [0.4, 0.5) is 0 Å². The van der Waals surface area contributed by atoms with Gasteiger partial charge in [0.2, 0.25) is 0 Å². The van der Waals surface area contributed by atoms with E-state index in [4.69, 9.17) is 4.74 Å². The Kier molecular flexibility index (Phi) is 3.36. The fourth-order valence-corrected chi connectivity index (χ4v) is 0.963. The van der Waals surface area contributed by atoms with Crippen LogP contribution < -0.4 is 0 Å². The van der Waals surface area contributed by atoms with Crippen LogP contribution in [0.3, 0.4) is 0 Å². The van der Waals surface area contributed by atoms with Gasteiger partial charge in [-0.1, -0.05) is 0 Å². The zero-order valence-electron chi connectivity index (χ0n) is 4.02. The van der Waals surface area contributed by atoms with E-state index in [1.807, 2.05) is 0 Å². The molecule has 0 spiro atoms. The summed E-state index contributed by atoms with van der Waals surface area (Å²) in [7, 11) is 1.08. The van der Waals surface area contributed by atoms with Gasteiger partial charge in [-0.05, 0) is 12.2 Å². The molecule has 0 fully saturated rings. The topological polar surface area (TPSA) is 9.23 Å². The normalized spacial score (nSPS) is 8.17. The van der Waals surface area contributed by atoms with Crippen LogP contribution in [0, 0.1) is 0 Å². The smallest absolute Gasteiger partial charge is 0.156 e. The van der Waals surface area contributed by atoms with Gasteiger partial charge in [-0.25, -0.2) is 0 Å². The van der Waals surface area contributed by atoms with Gasteiger partial charge in [0.05, 0.1) is 16.5 Å². The molecule has 0 aromatic carbocycles. The van der Waals surface area contributed by atoms with Crippen LogP contribution in [-0.4, -0.2) is 21.5 Å². The molecule has 0 radical (unpaired) electrons. The highest BCUT2D eigenvalue weighted by molar-refractivity contribution is 7.80. The molecular formula is C3H8OSSi. The van der Waals surface area contributed by atoms with Crippen LogP contribution in [0.1, 0.15) is 6.92 Å². The van der Waals surface area contributed by atoms with Crippen molar-refractivity contribution < 1.29 is 4.74 Å². The van der Waals surface area contributed by atoms with Crippen molar-refractivity contribution in [3.63, 3.8) is 0 Å². The van der Waals surface area contributed by atoms with E-state index >= 15 is 0 Å². The molecule has 0 aromatic heterocycles. The minimum absolute atomic E-state index is 0.657. The molecule has 6 heavy (non-hydrogen) atoms. The van der Waals surface area contributed by atoms with E-state index in [1.54, 1.807) is 6.92 Å². The monoisotopic (exact) mass is 120 g/mol. The van der Waals surface area contributed by atoms with Crippen molar-refractivity contribution in [1.82, 2.24) is 0 Å². The lowest BCUT2D eigenvalue weighted by atomic mass is 10.9. The minimum atomic E-state index is 0.657. The third-order valence-electron chi connectivity index (χ3n) is 0.348. The molecule has 0 saturated carbocycles. The van der Waals surface area contributed by atoms with Crippen molar-refractivity contribution in [2.24, 2.45) is 0 Å². The zero-order chi connectivity index (χ0) is 4.99. The molecule has 0 amide bonds. The first-order valence-corrected chi connectivity index (χ1v) is 3.73. The van der Waals surface area contributed by atoms with E-state index in [0.717, 1.165) is 16.5 Å². The third kappa shape index (κ3) is 4.11. The highest BCUT2D eigenvalue weighted by atomic mass is 32.1. The van der Waals surface area contributed by atoms with Gasteiger partial charge in [0, 0.05) is 6.92 Å². The molecule has 0 heterocycles. The lowest BCUT2D eigenvalue weighted by Gasteiger charge is -1.93. The minimum Gasteiger partial charge on any atom is -0.492 e. The van der Waals surface area contributed by atoms with Crippen molar-refractivity contribution in [2.45, 2.75) is 6.92 Å². The first kappa shape index (κ1) is 6.11. The summed E-state index contributed by atoms with van der Waals surface area (Å²) in [5.41, 5.74) is 0. The summed E-state index contributed by atoms with van der Waals surface area (Å²) in [6, 6.07) is 0. The Morgan fingerprint density at radius 3 is 2.50 bits per heavy atom. The number of hydrogen-bond donors (Lipinski definition) is 0. The summed E-state index contributed by atoms with van der Waals surface area (Å²) >= 11 is 4.59. The summed E-state index contributed by atoms with van der Waals surface area (Å²) in [6.45, 7) is 1.78. The molecule has 0 aromatic rings. The number of ether oxygens (including phenoxy) is 1. The van der Waals surface area contributed by atoms with Gasteiger partial charge in [-0.3, -0.25) is 0 Å². The Labute approximate surface area is 46.1 Å². The second-order valence-corrected chi connectivity index (χ2v) is 2.08. The maximum Gasteiger partial charge on any atom is 0.156 e. The standard InChI is InChI=1S/C3H8OSSi/c1-3(5)4-2-6/h2H2,1,6H3. The van der Waals surface area contributed by atoms with Crippen LogP contribution >= 0.6 is 12.2 Å². The van der Waals surface area contributed by atoms with Crippen LogP contribution in [0.2, 0.25) is 0 Å². The van der Waals surface area contributed by atoms with E-state index in [2.05, 4.69) is 12.2 Å². The molecule has 0 saturated heterocycles. The van der Waals surface area contributed by atoms with E-state index in [9.17, 15) is 0 Å². The maximum atomic E-state index is 4.83. The molecule has 0 unspecified atom stereocenters. The summed E-state index contributed by atoms with van der Waals surface area (Å²) in [5, 5.41) is 0.657. The molecular weight excluding hydrogens is 112 g/mol. The molecule has 1 nitrogen and oxygen atoms in total. The first-order chi connectivity index (χ1) is 2.77. The van der Waals surface area contributed by atoms with Gasteiger partial charge in [0.15, 0.2) is 5.05 Å². The summed E-state index contributed by atoms with van der Waals surface area (Å²) in [5.74, 6) is 0. The van der Waals surface area contributed by atoms with Crippen molar-refractivity contribution in [1.29, 1.82) is 0 Å². The second kappa shape index (κ2) is 3.30. The predicted molar refractivity (Wildman–Crippen MR) is 34.2 cm³/mol. The highest BCUT2D eigenvalue weighted by Crippen LogP contribution is 1.73. The average molecular weight is 120 g/mol.